The summed E-state index contributed by atoms with van der Waals surface area (Å²) in [6, 6.07) is 10.6. The zero-order valence-corrected chi connectivity index (χ0v) is 16.5. The Kier molecular flexibility index (Phi) is 4.89. The summed E-state index contributed by atoms with van der Waals surface area (Å²) in [5, 5.41) is 9.24. The van der Waals surface area contributed by atoms with Crippen molar-refractivity contribution < 1.29 is 9.47 Å². The van der Waals surface area contributed by atoms with E-state index in [1.54, 1.807) is 0 Å². The van der Waals surface area contributed by atoms with Crippen LogP contribution in [0.25, 0.3) is 11.0 Å². The van der Waals surface area contributed by atoms with Crippen molar-refractivity contribution in [3.05, 3.63) is 53.9 Å². The number of fused-ring (bicyclic) bond motifs is 1. The number of pyridine rings is 1. The molecule has 1 fully saturated rings. The molecule has 2 aliphatic rings. The van der Waals surface area contributed by atoms with Gasteiger partial charge in [0.25, 0.3) is 0 Å². The van der Waals surface area contributed by atoms with Crippen molar-refractivity contribution in [1.82, 2.24) is 14.8 Å². The number of anilines is 1. The van der Waals surface area contributed by atoms with E-state index < -0.39 is 0 Å². The predicted molar refractivity (Wildman–Crippen MR) is 112 cm³/mol. The molecule has 0 spiro atoms. The van der Waals surface area contributed by atoms with E-state index in [0.29, 0.717) is 18.5 Å². The Labute approximate surface area is 169 Å². The summed E-state index contributed by atoms with van der Waals surface area (Å²) in [6.07, 6.45) is 5.65. The first kappa shape index (κ1) is 18.1. The van der Waals surface area contributed by atoms with Crippen molar-refractivity contribution in [2.45, 2.75) is 38.5 Å². The number of aryl methyl sites for hydroxylation is 1. The summed E-state index contributed by atoms with van der Waals surface area (Å²) >= 11 is 0. The molecule has 2 aromatic heterocycles. The van der Waals surface area contributed by atoms with Gasteiger partial charge in [-0.1, -0.05) is 30.3 Å². The number of aromatic nitrogens is 3. The third-order valence-electron chi connectivity index (χ3n) is 5.59. The van der Waals surface area contributed by atoms with E-state index >= 15 is 0 Å². The first-order valence-corrected chi connectivity index (χ1v) is 10.3. The van der Waals surface area contributed by atoms with Crippen LogP contribution in [-0.2, 0) is 16.0 Å². The van der Waals surface area contributed by atoms with Gasteiger partial charge in [0.1, 0.15) is 6.10 Å². The molecule has 7 nitrogen and oxygen atoms in total. The summed E-state index contributed by atoms with van der Waals surface area (Å²) in [6.45, 7) is 5.02. The molecule has 29 heavy (non-hydrogen) atoms. The molecule has 3 aromatic rings. The number of rotatable bonds is 5. The minimum absolute atomic E-state index is 0.0591. The lowest BCUT2D eigenvalue weighted by atomic mass is 10.1. The molecule has 0 bridgehead atoms. The van der Waals surface area contributed by atoms with Crippen LogP contribution in [0.3, 0.4) is 0 Å². The maximum absolute atomic E-state index is 6.26. The normalized spacial score (nSPS) is 19.9. The van der Waals surface area contributed by atoms with Gasteiger partial charge >= 0.3 is 0 Å². The monoisotopic (exact) mass is 391 g/mol. The number of hydrogen-bond donors (Lipinski definition) is 1. The van der Waals surface area contributed by atoms with Gasteiger partial charge in [-0.15, -0.1) is 0 Å². The molecule has 1 aromatic carbocycles. The van der Waals surface area contributed by atoms with Gasteiger partial charge in [0.2, 0.25) is 5.90 Å². The zero-order valence-electron chi connectivity index (χ0n) is 16.5. The van der Waals surface area contributed by atoms with E-state index in [1.807, 2.05) is 35.3 Å². The zero-order chi connectivity index (χ0) is 19.6. The van der Waals surface area contributed by atoms with Crippen LogP contribution in [-0.4, -0.2) is 46.5 Å². The topological polar surface area (TPSA) is 73.6 Å². The Morgan fingerprint density at radius 1 is 1.14 bits per heavy atom. The van der Waals surface area contributed by atoms with Gasteiger partial charge in [0, 0.05) is 32.0 Å². The number of aliphatic imine (C=N–C) groups is 1. The molecule has 0 aliphatic carbocycles. The van der Waals surface area contributed by atoms with Crippen molar-refractivity contribution in [3.8, 4) is 0 Å². The number of benzene rings is 1. The summed E-state index contributed by atoms with van der Waals surface area (Å²) in [4.78, 5) is 9.40. The fraction of sp³-hybridized carbons (Fsp3) is 0.409. The lowest BCUT2D eigenvalue weighted by molar-refractivity contribution is 0.0905. The Bertz CT molecular complexity index is 1020. The quantitative estimate of drug-likeness (QED) is 0.720. The molecule has 1 atom stereocenters. The predicted octanol–water partition coefficient (Wildman–Crippen LogP) is 3.56. The van der Waals surface area contributed by atoms with Gasteiger partial charge in [-0.25, -0.2) is 14.7 Å². The Morgan fingerprint density at radius 2 is 1.97 bits per heavy atom. The molecule has 150 valence electrons. The van der Waals surface area contributed by atoms with Gasteiger partial charge in [-0.05, 0) is 25.3 Å². The average Bonchev–Trinajstić information content (AvgIpc) is 3.43. The first-order valence-electron chi connectivity index (χ1n) is 10.3. The lowest BCUT2D eigenvalue weighted by Gasteiger charge is -2.25. The van der Waals surface area contributed by atoms with E-state index in [1.165, 1.54) is 0 Å². The van der Waals surface area contributed by atoms with Crippen LogP contribution in [0.2, 0.25) is 0 Å². The number of hydrogen-bond acceptors (Lipinski definition) is 6. The van der Waals surface area contributed by atoms with E-state index in [-0.39, 0.29) is 6.10 Å². The van der Waals surface area contributed by atoms with Crippen molar-refractivity contribution >= 4 is 22.6 Å². The Morgan fingerprint density at radius 3 is 2.76 bits per heavy atom. The molecular formula is C22H25N5O2. The molecule has 1 saturated heterocycles. The Hall–Kier alpha value is -2.93. The van der Waals surface area contributed by atoms with Gasteiger partial charge < -0.3 is 14.8 Å². The van der Waals surface area contributed by atoms with E-state index in [0.717, 1.165) is 60.4 Å². The maximum atomic E-state index is 6.26. The summed E-state index contributed by atoms with van der Waals surface area (Å²) in [5.74, 6) is 0.645. The largest absolute Gasteiger partial charge is 0.467 e. The molecule has 7 heteroatoms. The Balaban J connectivity index is 1.50. The number of nitrogens with one attached hydrogen (secondary N) is 1. The highest BCUT2D eigenvalue weighted by atomic mass is 16.5. The van der Waals surface area contributed by atoms with Crippen molar-refractivity contribution in [3.63, 3.8) is 0 Å². The van der Waals surface area contributed by atoms with E-state index in [9.17, 15) is 0 Å². The van der Waals surface area contributed by atoms with Gasteiger partial charge in [-0.3, -0.25) is 0 Å². The highest BCUT2D eigenvalue weighted by Gasteiger charge is 2.27. The fourth-order valence-corrected chi connectivity index (χ4v) is 3.99. The van der Waals surface area contributed by atoms with Gasteiger partial charge in [-0.2, -0.15) is 5.10 Å². The highest BCUT2D eigenvalue weighted by molar-refractivity contribution is 6.07. The van der Waals surface area contributed by atoms with E-state index in [4.69, 9.17) is 14.5 Å². The van der Waals surface area contributed by atoms with Crippen molar-refractivity contribution in [2.24, 2.45) is 4.99 Å². The summed E-state index contributed by atoms with van der Waals surface area (Å²) in [5.41, 5.74) is 3.93. The van der Waals surface area contributed by atoms with Crippen LogP contribution in [0, 0.1) is 0 Å². The lowest BCUT2D eigenvalue weighted by Crippen LogP contribution is -2.28. The molecule has 5 rings (SSSR count). The first-order chi connectivity index (χ1) is 14.3. The highest BCUT2D eigenvalue weighted by Crippen LogP contribution is 2.32. The molecule has 0 amide bonds. The van der Waals surface area contributed by atoms with Crippen molar-refractivity contribution in [2.75, 3.05) is 25.1 Å². The van der Waals surface area contributed by atoms with Gasteiger partial charge in [0.05, 0.1) is 29.4 Å². The molecular weight excluding hydrogens is 366 g/mol. The molecule has 0 radical (unpaired) electrons. The van der Waals surface area contributed by atoms with Crippen LogP contribution in [0.1, 0.15) is 37.0 Å². The minimum Gasteiger partial charge on any atom is -0.467 e. The number of nitrogens with zero attached hydrogens (tertiary/aromatic N) is 4. The van der Waals surface area contributed by atoms with Crippen LogP contribution in [0.15, 0.2) is 47.7 Å². The smallest absolute Gasteiger partial charge is 0.220 e. The third-order valence-corrected chi connectivity index (χ3v) is 5.59. The summed E-state index contributed by atoms with van der Waals surface area (Å²) < 4.78 is 13.7. The average molecular weight is 391 g/mol. The van der Waals surface area contributed by atoms with E-state index in [2.05, 4.69) is 34.5 Å². The second kappa shape index (κ2) is 7.83. The van der Waals surface area contributed by atoms with Gasteiger partial charge in [0.15, 0.2) is 5.65 Å². The van der Waals surface area contributed by atoms with Crippen LogP contribution < -0.4 is 5.32 Å². The van der Waals surface area contributed by atoms with Crippen molar-refractivity contribution in [1.29, 1.82) is 0 Å². The molecule has 2 aliphatic heterocycles. The molecule has 0 saturated carbocycles. The SMILES string of the molecule is CCn1ncc2c(NC3CCOCC3)c(C3=NCC(c4ccccc4)O3)cnc21. The molecule has 1 unspecified atom stereocenters. The molecule has 1 N–H and O–H groups in total. The number of ether oxygens (including phenoxy) is 2. The molecule has 4 heterocycles. The summed E-state index contributed by atoms with van der Waals surface area (Å²) in [7, 11) is 0. The standard InChI is InChI=1S/C22H25N5O2/c1-2-27-21-17(13-25-27)20(26-16-8-10-28-11-9-16)18(12-23-21)22-24-14-19(29-22)15-6-4-3-5-7-15/h3-7,12-13,16,19H,2,8-11,14H2,1H3,(H,23,26). The second-order valence-corrected chi connectivity index (χ2v) is 7.44. The third kappa shape index (κ3) is 3.46. The van der Waals surface area contributed by atoms with Crippen LogP contribution >= 0.6 is 0 Å². The van der Waals surface area contributed by atoms with Crippen LogP contribution in [0.5, 0.6) is 0 Å². The fourth-order valence-electron chi connectivity index (χ4n) is 3.99. The minimum atomic E-state index is -0.0591. The second-order valence-electron chi connectivity index (χ2n) is 7.44. The maximum Gasteiger partial charge on any atom is 0.220 e. The van der Waals surface area contributed by atoms with Crippen LogP contribution in [0.4, 0.5) is 5.69 Å².